The largest absolute Gasteiger partial charge is 0.385 e. The van der Waals surface area contributed by atoms with Crippen LogP contribution in [0.15, 0.2) is 0 Å². The molecule has 0 aromatic rings. The highest BCUT2D eigenvalue weighted by molar-refractivity contribution is 4.69. The second kappa shape index (κ2) is 11.6. The van der Waals surface area contributed by atoms with Crippen molar-refractivity contribution in [1.82, 2.24) is 5.32 Å². The highest BCUT2D eigenvalue weighted by Crippen LogP contribution is 2.03. The van der Waals surface area contributed by atoms with Crippen molar-refractivity contribution in [2.24, 2.45) is 0 Å². The van der Waals surface area contributed by atoms with Crippen molar-refractivity contribution in [3.05, 3.63) is 0 Å². The highest BCUT2D eigenvalue weighted by Gasteiger charge is 2.08. The van der Waals surface area contributed by atoms with Crippen LogP contribution in [0.1, 0.15) is 47.0 Å². The standard InChI is InChI=1S/C15H33NO3/c1-14(8-6-9-16-15(2,3)4)19-13-12-18-11-7-10-17-5/h14,16H,6-13H2,1-5H3. The zero-order valence-electron chi connectivity index (χ0n) is 13.5. The maximum absolute atomic E-state index is 5.70. The third-order valence-corrected chi connectivity index (χ3v) is 2.71. The first-order valence-corrected chi connectivity index (χ1v) is 7.39. The van der Waals surface area contributed by atoms with Gasteiger partial charge >= 0.3 is 0 Å². The van der Waals surface area contributed by atoms with Gasteiger partial charge in [0.05, 0.1) is 19.3 Å². The maximum Gasteiger partial charge on any atom is 0.0704 e. The Labute approximate surface area is 119 Å². The van der Waals surface area contributed by atoms with E-state index in [0.29, 0.717) is 19.3 Å². The van der Waals surface area contributed by atoms with Crippen molar-refractivity contribution >= 4 is 0 Å². The van der Waals surface area contributed by atoms with Crippen molar-refractivity contribution in [1.29, 1.82) is 0 Å². The topological polar surface area (TPSA) is 39.7 Å². The minimum Gasteiger partial charge on any atom is -0.385 e. The molecule has 0 amide bonds. The van der Waals surface area contributed by atoms with Crippen LogP contribution in [0.25, 0.3) is 0 Å². The monoisotopic (exact) mass is 275 g/mol. The molecule has 4 nitrogen and oxygen atoms in total. The summed E-state index contributed by atoms with van der Waals surface area (Å²) in [6.07, 6.45) is 3.49. The Hall–Kier alpha value is -0.160. The second-order valence-corrected chi connectivity index (χ2v) is 5.96. The van der Waals surface area contributed by atoms with Crippen LogP contribution < -0.4 is 5.32 Å². The Morgan fingerprint density at radius 3 is 2.37 bits per heavy atom. The summed E-state index contributed by atoms with van der Waals surface area (Å²) in [6, 6.07) is 0. The fourth-order valence-electron chi connectivity index (χ4n) is 1.65. The molecular formula is C15H33NO3. The summed E-state index contributed by atoms with van der Waals surface area (Å²) in [5.74, 6) is 0. The number of hydrogen-bond donors (Lipinski definition) is 1. The van der Waals surface area contributed by atoms with Gasteiger partial charge in [0, 0.05) is 25.9 Å². The molecule has 0 rings (SSSR count). The predicted molar refractivity (Wildman–Crippen MR) is 79.7 cm³/mol. The summed E-state index contributed by atoms with van der Waals surface area (Å²) < 4.78 is 16.1. The maximum atomic E-state index is 5.70. The third-order valence-electron chi connectivity index (χ3n) is 2.71. The first-order chi connectivity index (χ1) is 8.95. The molecule has 0 saturated carbocycles. The summed E-state index contributed by atoms with van der Waals surface area (Å²) in [7, 11) is 1.71. The van der Waals surface area contributed by atoms with E-state index in [1.54, 1.807) is 7.11 Å². The van der Waals surface area contributed by atoms with Gasteiger partial charge in [-0.1, -0.05) is 0 Å². The Morgan fingerprint density at radius 1 is 1.00 bits per heavy atom. The Bertz CT molecular complexity index is 192. The van der Waals surface area contributed by atoms with Gasteiger partial charge in [-0.15, -0.1) is 0 Å². The summed E-state index contributed by atoms with van der Waals surface area (Å²) >= 11 is 0. The van der Waals surface area contributed by atoms with Crippen LogP contribution in [0, 0.1) is 0 Å². The first-order valence-electron chi connectivity index (χ1n) is 7.39. The van der Waals surface area contributed by atoms with Gasteiger partial charge in [-0.3, -0.25) is 0 Å². The molecule has 0 fully saturated rings. The van der Waals surface area contributed by atoms with Crippen molar-refractivity contribution in [2.75, 3.05) is 40.1 Å². The summed E-state index contributed by atoms with van der Waals surface area (Å²) in [5.41, 5.74) is 0.208. The zero-order valence-corrected chi connectivity index (χ0v) is 13.5. The van der Waals surface area contributed by atoms with Gasteiger partial charge in [0.2, 0.25) is 0 Å². The molecule has 19 heavy (non-hydrogen) atoms. The van der Waals surface area contributed by atoms with E-state index in [2.05, 4.69) is 33.0 Å². The van der Waals surface area contributed by atoms with E-state index in [9.17, 15) is 0 Å². The van der Waals surface area contributed by atoms with Crippen LogP contribution in [-0.2, 0) is 14.2 Å². The predicted octanol–water partition coefficient (Wildman–Crippen LogP) is 2.61. The average Bonchev–Trinajstić information content (AvgIpc) is 2.32. The lowest BCUT2D eigenvalue weighted by Crippen LogP contribution is -2.36. The Balaban J connectivity index is 3.23. The van der Waals surface area contributed by atoms with Crippen LogP contribution in [-0.4, -0.2) is 51.7 Å². The molecule has 116 valence electrons. The minimum atomic E-state index is 0.208. The Kier molecular flexibility index (Phi) is 11.6. The lowest BCUT2D eigenvalue weighted by molar-refractivity contribution is 0.00485. The van der Waals surface area contributed by atoms with Crippen molar-refractivity contribution in [3.63, 3.8) is 0 Å². The van der Waals surface area contributed by atoms with Crippen LogP contribution in [0.3, 0.4) is 0 Å². The minimum absolute atomic E-state index is 0.208. The van der Waals surface area contributed by atoms with E-state index in [-0.39, 0.29) is 5.54 Å². The Morgan fingerprint density at radius 2 is 1.74 bits per heavy atom. The van der Waals surface area contributed by atoms with E-state index in [0.717, 1.165) is 39.0 Å². The molecule has 0 bridgehead atoms. The SMILES string of the molecule is COCCCOCCOC(C)CCCNC(C)(C)C. The molecular weight excluding hydrogens is 242 g/mol. The number of methoxy groups -OCH3 is 1. The molecule has 0 spiro atoms. The smallest absolute Gasteiger partial charge is 0.0704 e. The van der Waals surface area contributed by atoms with E-state index in [1.807, 2.05) is 0 Å². The average molecular weight is 275 g/mol. The van der Waals surface area contributed by atoms with Crippen LogP contribution >= 0.6 is 0 Å². The van der Waals surface area contributed by atoms with Crippen LogP contribution in [0.5, 0.6) is 0 Å². The van der Waals surface area contributed by atoms with Gasteiger partial charge in [0.1, 0.15) is 0 Å². The molecule has 0 aliphatic heterocycles. The van der Waals surface area contributed by atoms with Gasteiger partial charge in [-0.25, -0.2) is 0 Å². The highest BCUT2D eigenvalue weighted by atomic mass is 16.5. The molecule has 0 aromatic carbocycles. The number of hydrogen-bond acceptors (Lipinski definition) is 4. The van der Waals surface area contributed by atoms with E-state index in [4.69, 9.17) is 14.2 Å². The third kappa shape index (κ3) is 15.8. The number of rotatable bonds is 12. The van der Waals surface area contributed by atoms with Gasteiger partial charge in [0.15, 0.2) is 0 Å². The quantitative estimate of drug-likeness (QED) is 0.556. The molecule has 0 aliphatic carbocycles. The molecule has 1 atom stereocenters. The van der Waals surface area contributed by atoms with Crippen molar-refractivity contribution < 1.29 is 14.2 Å². The fraction of sp³-hybridized carbons (Fsp3) is 1.00. The van der Waals surface area contributed by atoms with Gasteiger partial charge in [-0.05, 0) is 53.5 Å². The zero-order chi connectivity index (χ0) is 14.6. The van der Waals surface area contributed by atoms with Crippen molar-refractivity contribution in [3.8, 4) is 0 Å². The molecule has 0 saturated heterocycles. The number of nitrogens with one attached hydrogen (secondary N) is 1. The lowest BCUT2D eigenvalue weighted by Gasteiger charge is -2.21. The normalized spacial score (nSPS) is 13.7. The molecule has 4 heteroatoms. The van der Waals surface area contributed by atoms with E-state index < -0.39 is 0 Å². The van der Waals surface area contributed by atoms with Crippen LogP contribution in [0.2, 0.25) is 0 Å². The van der Waals surface area contributed by atoms with Crippen molar-refractivity contribution in [2.45, 2.75) is 58.6 Å². The molecule has 0 radical (unpaired) electrons. The van der Waals surface area contributed by atoms with Gasteiger partial charge in [0.25, 0.3) is 0 Å². The molecule has 1 unspecified atom stereocenters. The molecule has 0 aromatic heterocycles. The van der Waals surface area contributed by atoms with Gasteiger partial charge < -0.3 is 19.5 Å². The second-order valence-electron chi connectivity index (χ2n) is 5.96. The van der Waals surface area contributed by atoms with Gasteiger partial charge in [-0.2, -0.15) is 0 Å². The molecule has 0 aliphatic rings. The first kappa shape index (κ1) is 18.8. The summed E-state index contributed by atoms with van der Waals surface area (Å²) in [5, 5.41) is 3.48. The fourth-order valence-corrected chi connectivity index (χ4v) is 1.65. The summed E-state index contributed by atoms with van der Waals surface area (Å²) in [4.78, 5) is 0. The lowest BCUT2D eigenvalue weighted by atomic mass is 10.1. The number of ether oxygens (including phenoxy) is 3. The molecule has 1 N–H and O–H groups in total. The molecule has 0 heterocycles. The summed E-state index contributed by atoms with van der Waals surface area (Å²) in [6.45, 7) is 12.6. The van der Waals surface area contributed by atoms with E-state index in [1.165, 1.54) is 0 Å². The van der Waals surface area contributed by atoms with Crippen LogP contribution in [0.4, 0.5) is 0 Å². The van der Waals surface area contributed by atoms with E-state index >= 15 is 0 Å².